The second-order valence-electron chi connectivity index (χ2n) is 6.36. The van der Waals surface area contributed by atoms with Crippen LogP contribution in [-0.2, 0) is 0 Å². The molecule has 0 saturated carbocycles. The van der Waals surface area contributed by atoms with Crippen molar-refractivity contribution in [2.75, 3.05) is 26.6 Å². The Balaban J connectivity index is 1.70. The number of methoxy groups -OCH3 is 3. The van der Waals surface area contributed by atoms with E-state index < -0.39 is 0 Å². The lowest BCUT2D eigenvalue weighted by atomic mass is 9.93. The third-order valence-corrected chi connectivity index (χ3v) is 4.94. The van der Waals surface area contributed by atoms with Crippen molar-refractivity contribution in [1.82, 2.24) is 14.8 Å². The highest BCUT2D eigenvalue weighted by atomic mass is 16.5. The van der Waals surface area contributed by atoms with E-state index in [1.165, 1.54) is 5.56 Å². The Kier molecular flexibility index (Phi) is 4.58. The Hall–Kier alpha value is -3.22. The smallest absolute Gasteiger partial charge is 0.222 e. The Morgan fingerprint density at radius 2 is 1.67 bits per heavy atom. The minimum atomic E-state index is 0.0376. The normalized spacial score (nSPS) is 18.3. The summed E-state index contributed by atoms with van der Waals surface area (Å²) in [4.78, 5) is 4.38. The maximum atomic E-state index is 5.47. The highest BCUT2D eigenvalue weighted by Gasteiger charge is 2.30. The van der Waals surface area contributed by atoms with Crippen LogP contribution in [-0.4, -0.2) is 36.1 Å². The fourth-order valence-electron chi connectivity index (χ4n) is 3.51. The minimum Gasteiger partial charge on any atom is -0.497 e. The van der Waals surface area contributed by atoms with E-state index in [4.69, 9.17) is 14.2 Å². The molecule has 7 heteroatoms. The van der Waals surface area contributed by atoms with Crippen LogP contribution >= 0.6 is 0 Å². The first-order valence-corrected chi connectivity index (χ1v) is 8.75. The SMILES string of the molecule is COc1ccc(C2CC(c3ccc(OC)c(OC)c3)n3ncnc3N2)cc1. The summed E-state index contributed by atoms with van der Waals surface area (Å²) in [6.45, 7) is 0. The number of hydrogen-bond donors (Lipinski definition) is 1. The van der Waals surface area contributed by atoms with E-state index >= 15 is 0 Å². The number of hydrogen-bond acceptors (Lipinski definition) is 6. The molecule has 140 valence electrons. The number of benzene rings is 2. The molecule has 0 saturated heterocycles. The summed E-state index contributed by atoms with van der Waals surface area (Å²) in [6, 6.07) is 14.2. The standard InChI is InChI=1S/C20H22N4O3/c1-25-15-7-4-13(5-8-15)16-11-17(24-20(23-16)21-12-22-24)14-6-9-18(26-2)19(10-14)27-3/h4-10,12,16-17H,11H2,1-3H3,(H,21,22,23). The molecule has 1 N–H and O–H groups in total. The largest absolute Gasteiger partial charge is 0.497 e. The molecular formula is C20H22N4O3. The fraction of sp³-hybridized carbons (Fsp3) is 0.300. The lowest BCUT2D eigenvalue weighted by molar-refractivity contribution is 0.352. The molecule has 0 radical (unpaired) electrons. The second-order valence-corrected chi connectivity index (χ2v) is 6.36. The van der Waals surface area contributed by atoms with Gasteiger partial charge in [-0.15, -0.1) is 0 Å². The predicted molar refractivity (Wildman–Crippen MR) is 102 cm³/mol. The van der Waals surface area contributed by atoms with Gasteiger partial charge in [0.25, 0.3) is 0 Å². The third kappa shape index (κ3) is 3.16. The molecule has 0 bridgehead atoms. The number of rotatable bonds is 5. The van der Waals surface area contributed by atoms with Gasteiger partial charge in [-0.1, -0.05) is 18.2 Å². The molecule has 3 aromatic rings. The fourth-order valence-corrected chi connectivity index (χ4v) is 3.51. The van der Waals surface area contributed by atoms with Gasteiger partial charge in [0.1, 0.15) is 12.1 Å². The average Bonchev–Trinajstić information content (AvgIpc) is 3.21. The van der Waals surface area contributed by atoms with Crippen molar-refractivity contribution < 1.29 is 14.2 Å². The maximum absolute atomic E-state index is 5.47. The molecule has 0 aliphatic carbocycles. The maximum Gasteiger partial charge on any atom is 0.222 e. The molecule has 0 amide bonds. The number of anilines is 1. The van der Waals surface area contributed by atoms with Gasteiger partial charge >= 0.3 is 0 Å². The zero-order valence-electron chi connectivity index (χ0n) is 15.5. The minimum absolute atomic E-state index is 0.0376. The predicted octanol–water partition coefficient (Wildman–Crippen LogP) is 3.45. The topological polar surface area (TPSA) is 70.4 Å². The van der Waals surface area contributed by atoms with E-state index in [2.05, 4.69) is 27.5 Å². The molecule has 2 unspecified atom stereocenters. The van der Waals surface area contributed by atoms with Crippen molar-refractivity contribution in [2.45, 2.75) is 18.5 Å². The van der Waals surface area contributed by atoms with Crippen LogP contribution in [0.5, 0.6) is 17.2 Å². The van der Waals surface area contributed by atoms with Gasteiger partial charge in [-0.25, -0.2) is 4.68 Å². The van der Waals surface area contributed by atoms with Crippen LogP contribution in [0.3, 0.4) is 0 Å². The monoisotopic (exact) mass is 366 g/mol. The first-order chi connectivity index (χ1) is 13.2. The van der Waals surface area contributed by atoms with E-state index in [-0.39, 0.29) is 12.1 Å². The zero-order chi connectivity index (χ0) is 18.8. The van der Waals surface area contributed by atoms with Crippen LogP contribution in [0.1, 0.15) is 29.6 Å². The van der Waals surface area contributed by atoms with Crippen molar-refractivity contribution >= 4 is 5.95 Å². The molecule has 2 heterocycles. The first-order valence-electron chi connectivity index (χ1n) is 8.75. The van der Waals surface area contributed by atoms with Crippen LogP contribution in [0.4, 0.5) is 5.95 Å². The van der Waals surface area contributed by atoms with Gasteiger partial charge in [0.05, 0.1) is 33.4 Å². The summed E-state index contributed by atoms with van der Waals surface area (Å²) in [5.41, 5.74) is 2.27. The zero-order valence-corrected chi connectivity index (χ0v) is 15.5. The molecule has 2 aromatic carbocycles. The molecule has 1 aliphatic heterocycles. The van der Waals surface area contributed by atoms with Gasteiger partial charge in [-0.05, 0) is 41.8 Å². The molecular weight excluding hydrogens is 344 g/mol. The Labute approximate surface area is 157 Å². The number of ether oxygens (including phenoxy) is 3. The van der Waals surface area contributed by atoms with Gasteiger partial charge in [0.2, 0.25) is 5.95 Å². The van der Waals surface area contributed by atoms with Gasteiger partial charge in [-0.2, -0.15) is 10.1 Å². The number of fused-ring (bicyclic) bond motifs is 1. The molecule has 27 heavy (non-hydrogen) atoms. The highest BCUT2D eigenvalue weighted by molar-refractivity contribution is 5.46. The average molecular weight is 366 g/mol. The van der Waals surface area contributed by atoms with E-state index in [9.17, 15) is 0 Å². The number of nitrogens with zero attached hydrogens (tertiary/aromatic N) is 3. The van der Waals surface area contributed by atoms with Crippen molar-refractivity contribution in [3.8, 4) is 17.2 Å². The molecule has 0 fully saturated rings. The van der Waals surface area contributed by atoms with Crippen LogP contribution in [0, 0.1) is 0 Å². The summed E-state index contributed by atoms with van der Waals surface area (Å²) in [6.07, 6.45) is 2.41. The van der Waals surface area contributed by atoms with E-state index in [1.807, 2.05) is 35.0 Å². The van der Waals surface area contributed by atoms with E-state index in [1.54, 1.807) is 27.7 Å². The molecule has 2 atom stereocenters. The van der Waals surface area contributed by atoms with Crippen molar-refractivity contribution in [3.05, 3.63) is 59.9 Å². The molecule has 0 spiro atoms. The van der Waals surface area contributed by atoms with Gasteiger partial charge in [0.15, 0.2) is 11.5 Å². The number of nitrogens with one attached hydrogen (secondary N) is 1. The lowest BCUT2D eigenvalue weighted by Gasteiger charge is -2.32. The lowest BCUT2D eigenvalue weighted by Crippen LogP contribution is -2.28. The quantitative estimate of drug-likeness (QED) is 0.746. The summed E-state index contributed by atoms with van der Waals surface area (Å²) in [5.74, 6) is 3.01. The van der Waals surface area contributed by atoms with Crippen LogP contribution in [0.25, 0.3) is 0 Å². The Morgan fingerprint density at radius 1 is 0.926 bits per heavy atom. The molecule has 7 nitrogen and oxygen atoms in total. The van der Waals surface area contributed by atoms with Crippen LogP contribution in [0.15, 0.2) is 48.8 Å². The van der Waals surface area contributed by atoms with Crippen LogP contribution < -0.4 is 19.5 Å². The Morgan fingerprint density at radius 3 is 2.37 bits per heavy atom. The van der Waals surface area contributed by atoms with E-state index in [0.717, 1.165) is 23.7 Å². The van der Waals surface area contributed by atoms with Crippen molar-refractivity contribution in [2.24, 2.45) is 0 Å². The second kappa shape index (κ2) is 7.19. The third-order valence-electron chi connectivity index (χ3n) is 4.94. The summed E-state index contributed by atoms with van der Waals surface area (Å²) in [7, 11) is 4.95. The highest BCUT2D eigenvalue weighted by Crippen LogP contribution is 2.40. The summed E-state index contributed by atoms with van der Waals surface area (Å²) in [5, 5.41) is 7.89. The summed E-state index contributed by atoms with van der Waals surface area (Å²) < 4.78 is 18.0. The van der Waals surface area contributed by atoms with Crippen LogP contribution in [0.2, 0.25) is 0 Å². The van der Waals surface area contributed by atoms with Gasteiger partial charge in [-0.3, -0.25) is 0 Å². The van der Waals surface area contributed by atoms with E-state index in [0.29, 0.717) is 11.5 Å². The number of aromatic nitrogens is 3. The first kappa shape index (κ1) is 17.2. The summed E-state index contributed by atoms with van der Waals surface area (Å²) >= 11 is 0. The van der Waals surface area contributed by atoms with Crippen molar-refractivity contribution in [1.29, 1.82) is 0 Å². The Bertz CT molecular complexity index is 923. The molecule has 4 rings (SSSR count). The van der Waals surface area contributed by atoms with Crippen molar-refractivity contribution in [3.63, 3.8) is 0 Å². The van der Waals surface area contributed by atoms with Gasteiger partial charge in [0, 0.05) is 0 Å². The van der Waals surface area contributed by atoms with Gasteiger partial charge < -0.3 is 19.5 Å². The molecule has 1 aliphatic rings. The molecule has 1 aromatic heterocycles.